The first-order valence-corrected chi connectivity index (χ1v) is 9.58. The van der Waals surface area contributed by atoms with Crippen molar-refractivity contribution in [2.45, 2.75) is 43.4 Å². The zero-order valence-electron chi connectivity index (χ0n) is 15.3. The van der Waals surface area contributed by atoms with Crippen LogP contribution in [-0.2, 0) is 10.4 Å². The summed E-state index contributed by atoms with van der Waals surface area (Å²) in [6, 6.07) is 12.9. The number of nitrogens with one attached hydrogen (secondary N) is 1. The number of anilines is 1. The van der Waals surface area contributed by atoms with Gasteiger partial charge < -0.3 is 20.1 Å². The minimum Gasteiger partial charge on any atom is -0.466 e. The monoisotopic (exact) mass is 379 g/mol. The van der Waals surface area contributed by atoms with E-state index in [0.717, 1.165) is 18.4 Å². The molecule has 4 heterocycles. The van der Waals surface area contributed by atoms with Crippen molar-refractivity contribution < 1.29 is 19.4 Å². The highest BCUT2D eigenvalue weighted by atomic mass is 16.5. The molecule has 144 valence electrons. The average Bonchev–Trinajstić information content (AvgIpc) is 2.99. The third kappa shape index (κ3) is 2.74. The molecular weight excluding hydrogens is 358 g/mol. The average molecular weight is 379 g/mol. The van der Waals surface area contributed by atoms with Crippen LogP contribution in [0.1, 0.15) is 41.7 Å². The molecule has 0 aliphatic carbocycles. The third-order valence-electron chi connectivity index (χ3n) is 6.01. The quantitative estimate of drug-likeness (QED) is 0.833. The zero-order chi connectivity index (χ0) is 19.3. The number of carbonyl (C=O) groups is 2. The third-order valence-corrected chi connectivity index (χ3v) is 6.01. The molecule has 28 heavy (non-hydrogen) atoms. The van der Waals surface area contributed by atoms with Crippen molar-refractivity contribution in [2.75, 3.05) is 11.9 Å². The number of hydrogen-bond acceptors (Lipinski definition) is 5. The lowest BCUT2D eigenvalue weighted by Gasteiger charge is -2.44. The predicted molar refractivity (Wildman–Crippen MR) is 101 cm³/mol. The van der Waals surface area contributed by atoms with E-state index in [9.17, 15) is 14.7 Å². The first-order valence-electron chi connectivity index (χ1n) is 9.58. The van der Waals surface area contributed by atoms with Gasteiger partial charge in [-0.2, -0.15) is 0 Å². The summed E-state index contributed by atoms with van der Waals surface area (Å²) < 4.78 is 5.34. The first-order chi connectivity index (χ1) is 13.5. The molecule has 7 nitrogen and oxygen atoms in total. The number of aliphatic hydroxyl groups is 1. The van der Waals surface area contributed by atoms with Gasteiger partial charge in [0.15, 0.2) is 6.61 Å². The van der Waals surface area contributed by atoms with Gasteiger partial charge in [0.2, 0.25) is 5.88 Å². The number of carbonyl (C=O) groups excluding carboxylic acids is 2. The number of hydrogen-bond donors (Lipinski definition) is 2. The molecule has 0 saturated carbocycles. The number of aromatic nitrogens is 1. The molecular formula is C21H21N3O4. The summed E-state index contributed by atoms with van der Waals surface area (Å²) in [7, 11) is 0. The fourth-order valence-electron chi connectivity index (χ4n) is 4.76. The highest BCUT2D eigenvalue weighted by Crippen LogP contribution is 2.46. The molecule has 1 aromatic heterocycles. The van der Waals surface area contributed by atoms with E-state index in [4.69, 9.17) is 4.74 Å². The molecule has 7 heteroatoms. The van der Waals surface area contributed by atoms with Crippen LogP contribution < -0.4 is 10.1 Å². The van der Waals surface area contributed by atoms with Crippen molar-refractivity contribution >= 4 is 17.5 Å². The Bertz CT molecular complexity index is 932. The van der Waals surface area contributed by atoms with Gasteiger partial charge >= 0.3 is 0 Å². The van der Waals surface area contributed by atoms with E-state index in [-0.39, 0.29) is 36.4 Å². The van der Waals surface area contributed by atoms with E-state index in [2.05, 4.69) is 10.3 Å². The Morgan fingerprint density at radius 1 is 1.14 bits per heavy atom. The van der Waals surface area contributed by atoms with Crippen molar-refractivity contribution in [1.29, 1.82) is 0 Å². The fraction of sp³-hybridized carbons (Fsp3) is 0.381. The number of ether oxygens (including phenoxy) is 1. The molecule has 0 spiro atoms. The van der Waals surface area contributed by atoms with Crippen LogP contribution >= 0.6 is 0 Å². The minimum atomic E-state index is -0.902. The SMILES string of the molecule is O=C1COc2nc(C(=O)N3C4CCC3CC(O)(c3ccccc3)C4)ccc2N1. The van der Waals surface area contributed by atoms with Crippen molar-refractivity contribution in [3.8, 4) is 5.88 Å². The van der Waals surface area contributed by atoms with Crippen LogP contribution in [0.15, 0.2) is 42.5 Å². The number of pyridine rings is 1. The predicted octanol–water partition coefficient (Wildman–Crippen LogP) is 2.07. The Morgan fingerprint density at radius 3 is 2.57 bits per heavy atom. The zero-order valence-corrected chi connectivity index (χ0v) is 15.3. The Kier molecular flexibility index (Phi) is 3.87. The van der Waals surface area contributed by atoms with E-state index < -0.39 is 5.60 Å². The molecule has 5 rings (SSSR count). The summed E-state index contributed by atoms with van der Waals surface area (Å²) in [5.74, 6) is -0.107. The van der Waals surface area contributed by atoms with Gasteiger partial charge in [-0.15, -0.1) is 0 Å². The molecule has 3 aliphatic heterocycles. The maximum Gasteiger partial charge on any atom is 0.273 e. The molecule has 2 fully saturated rings. The number of amides is 2. The lowest BCUT2D eigenvalue weighted by molar-refractivity contribution is -0.118. The highest BCUT2D eigenvalue weighted by molar-refractivity contribution is 5.97. The Labute approximate surface area is 162 Å². The van der Waals surface area contributed by atoms with E-state index in [1.807, 2.05) is 35.2 Å². The lowest BCUT2D eigenvalue weighted by Crippen LogP contribution is -2.52. The molecule has 3 aliphatic rings. The maximum absolute atomic E-state index is 13.2. The van der Waals surface area contributed by atoms with Crippen LogP contribution in [-0.4, -0.2) is 45.5 Å². The van der Waals surface area contributed by atoms with Crippen molar-refractivity contribution in [3.05, 3.63) is 53.7 Å². The second-order valence-corrected chi connectivity index (χ2v) is 7.79. The molecule has 2 unspecified atom stereocenters. The van der Waals surface area contributed by atoms with Crippen LogP contribution in [0, 0.1) is 0 Å². The topological polar surface area (TPSA) is 91.8 Å². The van der Waals surface area contributed by atoms with Crippen molar-refractivity contribution in [1.82, 2.24) is 9.88 Å². The molecule has 2 amide bonds. The van der Waals surface area contributed by atoms with Crippen LogP contribution in [0.4, 0.5) is 5.69 Å². The normalized spacial score (nSPS) is 28.3. The Balaban J connectivity index is 1.40. The number of fused-ring (bicyclic) bond motifs is 3. The van der Waals surface area contributed by atoms with Gasteiger partial charge in [-0.3, -0.25) is 9.59 Å². The summed E-state index contributed by atoms with van der Waals surface area (Å²) in [5.41, 5.74) is 0.792. The molecule has 2 saturated heterocycles. The molecule has 2 N–H and O–H groups in total. The highest BCUT2D eigenvalue weighted by Gasteiger charge is 2.50. The number of nitrogens with zero attached hydrogens (tertiary/aromatic N) is 2. The number of benzene rings is 1. The van der Waals surface area contributed by atoms with E-state index >= 15 is 0 Å². The standard InChI is InChI=1S/C21H21N3O4/c25-18-12-28-19-16(22-18)8-9-17(23-19)20(26)24-14-6-7-15(24)11-21(27,10-14)13-4-2-1-3-5-13/h1-5,8-9,14-15,27H,6-7,10-12H2,(H,22,25). The fourth-order valence-corrected chi connectivity index (χ4v) is 4.76. The minimum absolute atomic E-state index is 0.0186. The van der Waals surface area contributed by atoms with Gasteiger partial charge in [-0.25, -0.2) is 4.98 Å². The second-order valence-electron chi connectivity index (χ2n) is 7.79. The van der Waals surface area contributed by atoms with Crippen molar-refractivity contribution in [3.63, 3.8) is 0 Å². The van der Waals surface area contributed by atoms with Gasteiger partial charge in [-0.05, 0) is 30.5 Å². The summed E-state index contributed by atoms with van der Waals surface area (Å²) in [5, 5.41) is 13.9. The van der Waals surface area contributed by atoms with Crippen LogP contribution in [0.3, 0.4) is 0 Å². The Morgan fingerprint density at radius 2 is 1.86 bits per heavy atom. The largest absolute Gasteiger partial charge is 0.466 e. The van der Waals surface area contributed by atoms with Gasteiger partial charge in [0, 0.05) is 24.9 Å². The van der Waals surface area contributed by atoms with Gasteiger partial charge in [0.1, 0.15) is 11.4 Å². The summed E-state index contributed by atoms with van der Waals surface area (Å²) in [6.07, 6.45) is 2.81. The van der Waals surface area contributed by atoms with E-state index in [1.54, 1.807) is 12.1 Å². The summed E-state index contributed by atoms with van der Waals surface area (Å²) >= 11 is 0. The van der Waals surface area contributed by atoms with E-state index in [1.165, 1.54) is 0 Å². The smallest absolute Gasteiger partial charge is 0.273 e. The van der Waals surface area contributed by atoms with Gasteiger partial charge in [0.25, 0.3) is 11.8 Å². The van der Waals surface area contributed by atoms with Gasteiger partial charge in [-0.1, -0.05) is 30.3 Å². The summed E-state index contributed by atoms with van der Waals surface area (Å²) in [6.45, 7) is -0.100. The van der Waals surface area contributed by atoms with Crippen molar-refractivity contribution in [2.24, 2.45) is 0 Å². The number of piperidine rings is 1. The second kappa shape index (κ2) is 6.31. The maximum atomic E-state index is 13.2. The number of rotatable bonds is 2. The summed E-state index contributed by atoms with van der Waals surface area (Å²) in [4.78, 5) is 30.8. The molecule has 1 aromatic carbocycles. The Hall–Kier alpha value is -2.93. The van der Waals surface area contributed by atoms with Crippen LogP contribution in [0.2, 0.25) is 0 Å². The van der Waals surface area contributed by atoms with E-state index in [0.29, 0.717) is 24.2 Å². The first kappa shape index (κ1) is 17.2. The van der Waals surface area contributed by atoms with Crippen LogP contribution in [0.25, 0.3) is 0 Å². The van der Waals surface area contributed by atoms with Crippen LogP contribution in [0.5, 0.6) is 5.88 Å². The lowest BCUT2D eigenvalue weighted by atomic mass is 9.80. The molecule has 2 aromatic rings. The van der Waals surface area contributed by atoms with Gasteiger partial charge in [0.05, 0.1) is 5.60 Å². The molecule has 2 bridgehead atoms. The molecule has 0 radical (unpaired) electrons. The molecule has 2 atom stereocenters.